The molecule has 2 aliphatic rings. The number of carbonyl (C=O) groups is 2. The number of urea groups is 1. The van der Waals surface area contributed by atoms with E-state index in [0.717, 1.165) is 18.9 Å². The molecule has 224 valence electrons. The first-order chi connectivity index (χ1) is 19.4. The van der Waals surface area contributed by atoms with Crippen molar-refractivity contribution in [1.82, 2.24) is 4.72 Å². The minimum absolute atomic E-state index is 0.0189. The Morgan fingerprint density at radius 3 is 2.29 bits per heavy atom. The molecule has 2 aromatic carbocycles. The minimum Gasteiger partial charge on any atom is -0.469 e. The summed E-state index contributed by atoms with van der Waals surface area (Å²) in [6.45, 7) is 5.87. The van der Waals surface area contributed by atoms with Crippen molar-refractivity contribution in [1.29, 1.82) is 0 Å². The first-order valence-electron chi connectivity index (χ1n) is 14.1. The van der Waals surface area contributed by atoms with Crippen LogP contribution in [0.3, 0.4) is 0 Å². The van der Waals surface area contributed by atoms with Gasteiger partial charge in [0.1, 0.15) is 11.6 Å². The molecule has 4 N–H and O–H groups in total. The lowest BCUT2D eigenvalue weighted by Gasteiger charge is -2.35. The van der Waals surface area contributed by atoms with Crippen molar-refractivity contribution >= 4 is 50.6 Å². The number of benzene rings is 2. The Kier molecular flexibility index (Phi) is 9.69. The van der Waals surface area contributed by atoms with Gasteiger partial charge < -0.3 is 20.7 Å². The van der Waals surface area contributed by atoms with Gasteiger partial charge in [0.2, 0.25) is 10.8 Å². The van der Waals surface area contributed by atoms with Crippen LogP contribution in [0, 0.1) is 17.7 Å². The summed E-state index contributed by atoms with van der Waals surface area (Å²) >= 11 is 5.83. The Labute approximate surface area is 246 Å². The van der Waals surface area contributed by atoms with Crippen molar-refractivity contribution < 1.29 is 27.1 Å². The molecule has 2 saturated carbocycles. The largest absolute Gasteiger partial charge is 0.469 e. The van der Waals surface area contributed by atoms with Gasteiger partial charge in [-0.3, -0.25) is 4.79 Å². The molecule has 9 nitrogen and oxygen atoms in total. The van der Waals surface area contributed by atoms with Gasteiger partial charge >= 0.3 is 6.03 Å². The molecule has 0 heterocycles. The van der Waals surface area contributed by atoms with E-state index in [2.05, 4.69) is 34.5 Å². The van der Waals surface area contributed by atoms with Gasteiger partial charge in [0.25, 0.3) is 10.0 Å². The molecule has 0 radical (unpaired) electrons. The molecule has 2 aliphatic carbocycles. The molecular formula is C29H38ClFN4O5S. The molecule has 4 rings (SSSR count). The summed E-state index contributed by atoms with van der Waals surface area (Å²) in [6, 6.07) is 8.27. The third kappa shape index (κ3) is 7.62. The van der Waals surface area contributed by atoms with Crippen molar-refractivity contribution in [3.05, 3.63) is 47.2 Å². The van der Waals surface area contributed by atoms with E-state index in [4.69, 9.17) is 16.3 Å². The number of nitrogens with one attached hydrogen (secondary N) is 4. The summed E-state index contributed by atoms with van der Waals surface area (Å²) in [7, 11) is -4.09. The van der Waals surface area contributed by atoms with Crippen LogP contribution in [-0.4, -0.2) is 31.3 Å². The van der Waals surface area contributed by atoms with Crippen LogP contribution < -0.4 is 25.4 Å². The van der Waals surface area contributed by atoms with E-state index >= 15 is 0 Å². The van der Waals surface area contributed by atoms with Gasteiger partial charge in [-0.1, -0.05) is 51.6 Å². The number of rotatable bonds is 11. The number of halogens is 2. The summed E-state index contributed by atoms with van der Waals surface area (Å²) < 4.78 is 48.1. The minimum atomic E-state index is -4.09. The molecule has 1 atom stereocenters. The van der Waals surface area contributed by atoms with Crippen LogP contribution in [0.5, 0.6) is 5.75 Å². The number of anilines is 3. The number of hydrogen-bond donors (Lipinski definition) is 4. The molecule has 2 fully saturated rings. The van der Waals surface area contributed by atoms with Crippen molar-refractivity contribution in [2.75, 3.05) is 16.0 Å². The van der Waals surface area contributed by atoms with Crippen molar-refractivity contribution in [2.24, 2.45) is 11.8 Å². The van der Waals surface area contributed by atoms with E-state index in [1.165, 1.54) is 37.5 Å². The molecule has 0 aliphatic heterocycles. The summed E-state index contributed by atoms with van der Waals surface area (Å²) in [4.78, 5) is 23.2. The van der Waals surface area contributed by atoms with Crippen molar-refractivity contribution in [3.63, 3.8) is 0 Å². The Balaban J connectivity index is 1.61. The first-order valence-corrected chi connectivity index (χ1v) is 16.0. The van der Waals surface area contributed by atoms with Gasteiger partial charge in [0.15, 0.2) is 0 Å². The SMILES string of the molecule is CCC(=O)NS(=O)(=O)C1(Oc2ccc(NC(C(C)C)C3CCCCC3)c(NC(=O)Nc3ccc(Cl)cc3F)c2)CC1. The predicted molar refractivity (Wildman–Crippen MR) is 159 cm³/mol. The van der Waals surface area contributed by atoms with E-state index < -0.39 is 32.7 Å². The van der Waals surface area contributed by atoms with Gasteiger partial charge in [-0.2, -0.15) is 0 Å². The van der Waals surface area contributed by atoms with Crippen LogP contribution in [0.4, 0.5) is 26.2 Å². The lowest BCUT2D eigenvalue weighted by Crippen LogP contribution is -2.42. The predicted octanol–water partition coefficient (Wildman–Crippen LogP) is 6.86. The zero-order valence-corrected chi connectivity index (χ0v) is 25.1. The normalized spacial score (nSPS) is 17.4. The topological polar surface area (TPSA) is 126 Å². The third-order valence-corrected chi connectivity index (χ3v) is 9.84. The second-order valence-corrected chi connectivity index (χ2v) is 13.5. The van der Waals surface area contributed by atoms with Gasteiger partial charge in [0, 0.05) is 36.4 Å². The van der Waals surface area contributed by atoms with Gasteiger partial charge in [-0.05, 0) is 55.0 Å². The maximum Gasteiger partial charge on any atom is 0.323 e. The van der Waals surface area contributed by atoms with Gasteiger partial charge in [0.05, 0.1) is 17.1 Å². The molecular weight excluding hydrogens is 571 g/mol. The summed E-state index contributed by atoms with van der Waals surface area (Å²) in [5, 5.41) is 9.06. The molecule has 41 heavy (non-hydrogen) atoms. The molecule has 0 aromatic heterocycles. The average molecular weight is 609 g/mol. The third-order valence-electron chi connectivity index (χ3n) is 7.64. The quantitative estimate of drug-likeness (QED) is 0.221. The van der Waals surface area contributed by atoms with E-state index in [9.17, 15) is 22.4 Å². The molecule has 0 bridgehead atoms. The van der Waals surface area contributed by atoms with E-state index in [0.29, 0.717) is 23.2 Å². The van der Waals surface area contributed by atoms with Crippen LogP contribution in [-0.2, 0) is 14.8 Å². The van der Waals surface area contributed by atoms with Crippen LogP contribution in [0.2, 0.25) is 5.02 Å². The van der Waals surface area contributed by atoms with E-state index in [1.54, 1.807) is 19.1 Å². The molecule has 3 amide bonds. The maximum absolute atomic E-state index is 14.3. The fourth-order valence-corrected chi connectivity index (χ4v) is 6.88. The lowest BCUT2D eigenvalue weighted by molar-refractivity contribution is -0.119. The first kappa shape index (κ1) is 30.9. The molecule has 0 spiro atoms. The second-order valence-electron chi connectivity index (χ2n) is 11.1. The molecule has 12 heteroatoms. The molecule has 0 saturated heterocycles. The summed E-state index contributed by atoms with van der Waals surface area (Å²) in [5.74, 6) is -0.327. The fraction of sp³-hybridized carbons (Fsp3) is 0.517. The fourth-order valence-electron chi connectivity index (χ4n) is 5.24. The monoisotopic (exact) mass is 608 g/mol. The highest BCUT2D eigenvalue weighted by Gasteiger charge is 2.58. The molecule has 2 aromatic rings. The average Bonchev–Trinajstić information content (AvgIpc) is 3.71. The second kappa shape index (κ2) is 12.9. The van der Waals surface area contributed by atoms with Gasteiger partial charge in [-0.25, -0.2) is 22.3 Å². The highest BCUT2D eigenvalue weighted by Crippen LogP contribution is 2.45. The van der Waals surface area contributed by atoms with Crippen LogP contribution in [0.15, 0.2) is 36.4 Å². The maximum atomic E-state index is 14.3. The van der Waals surface area contributed by atoms with Crippen LogP contribution in [0.25, 0.3) is 0 Å². The highest BCUT2D eigenvalue weighted by atomic mass is 35.5. The molecule has 1 unspecified atom stereocenters. The van der Waals surface area contributed by atoms with Crippen molar-refractivity contribution in [3.8, 4) is 5.75 Å². The zero-order chi connectivity index (χ0) is 29.8. The standard InChI is InChI=1S/C29H38ClFN4O5S/c1-4-26(36)35-41(38,39)29(14-15-29)40-21-11-13-24(32-27(18(2)3)19-8-6-5-7-9-19)25(17-21)34-28(37)33-23-12-10-20(30)16-22(23)31/h10-13,16-19,27,32H,4-9,14-15H2,1-3H3,(H,35,36)(H2,33,34,37). The lowest BCUT2D eigenvalue weighted by atomic mass is 9.79. The number of ether oxygens (including phenoxy) is 1. The van der Waals surface area contributed by atoms with Gasteiger partial charge in [-0.15, -0.1) is 0 Å². The highest BCUT2D eigenvalue weighted by molar-refractivity contribution is 7.91. The van der Waals surface area contributed by atoms with Crippen LogP contribution >= 0.6 is 11.6 Å². The van der Waals surface area contributed by atoms with E-state index in [1.807, 2.05) is 0 Å². The number of sulfonamides is 1. The smallest absolute Gasteiger partial charge is 0.323 e. The zero-order valence-electron chi connectivity index (χ0n) is 23.6. The Hall–Kier alpha value is -3.05. The Morgan fingerprint density at radius 2 is 1.68 bits per heavy atom. The Morgan fingerprint density at radius 1 is 1.02 bits per heavy atom. The van der Waals surface area contributed by atoms with E-state index in [-0.39, 0.29) is 41.8 Å². The number of carbonyl (C=O) groups excluding carboxylic acids is 2. The summed E-state index contributed by atoms with van der Waals surface area (Å²) in [6.07, 6.45) is 6.25. The number of hydrogen-bond acceptors (Lipinski definition) is 6. The number of amides is 3. The summed E-state index contributed by atoms with van der Waals surface area (Å²) in [5.41, 5.74) is 0.910. The van der Waals surface area contributed by atoms with Crippen LogP contribution in [0.1, 0.15) is 72.1 Å². The Bertz CT molecular complexity index is 1380. The van der Waals surface area contributed by atoms with Crippen molar-refractivity contribution in [2.45, 2.75) is 83.1 Å².